The molecule has 0 saturated heterocycles. The molecule has 0 amide bonds. The number of carbonyl (C=O) groups is 1. The van der Waals surface area contributed by atoms with Gasteiger partial charge in [0.15, 0.2) is 17.5 Å². The van der Waals surface area contributed by atoms with Crippen molar-refractivity contribution in [2.45, 2.75) is 58.7 Å². The van der Waals surface area contributed by atoms with Crippen molar-refractivity contribution in [1.82, 2.24) is 19.7 Å². The Morgan fingerprint density at radius 2 is 2.03 bits per heavy atom. The fourth-order valence-electron chi connectivity index (χ4n) is 3.20. The van der Waals surface area contributed by atoms with Crippen molar-refractivity contribution < 1.29 is 18.3 Å². The van der Waals surface area contributed by atoms with Crippen molar-refractivity contribution >= 4 is 23.3 Å². The van der Waals surface area contributed by atoms with E-state index < -0.39 is 23.3 Å². The molecular weight excluding hydrogens is 456 g/mol. The Labute approximate surface area is 202 Å². The number of carbonyl (C=O) groups excluding carboxylic acids is 1. The fourth-order valence-corrected chi connectivity index (χ4v) is 3.20. The molecule has 3 aromatic heterocycles. The van der Waals surface area contributed by atoms with Gasteiger partial charge in [-0.3, -0.25) is 14.5 Å². The standard InChI is InChI=1S/C24H27F2N7O2/c1-15-19(25)11-18(13-28-15)31-22-16(12-27)10-20(26)23(32-22)30-17(14-33-9-5-8-29-33)6-7-21(34)35-24(2,3)4/h5,8-11,13,17H,6-7,14H2,1-4H3,(H2,30,31,32)/t17-/m0/s1. The number of nitrogens with zero attached hydrogens (tertiary/aromatic N) is 5. The second kappa shape index (κ2) is 10.9. The Balaban J connectivity index is 1.83. The van der Waals surface area contributed by atoms with Crippen LogP contribution in [0.2, 0.25) is 0 Å². The summed E-state index contributed by atoms with van der Waals surface area (Å²) in [6, 6.07) is 5.44. The molecule has 35 heavy (non-hydrogen) atoms. The Morgan fingerprint density at radius 1 is 1.26 bits per heavy atom. The van der Waals surface area contributed by atoms with Crippen molar-refractivity contribution in [2.75, 3.05) is 10.6 Å². The molecule has 0 fully saturated rings. The largest absolute Gasteiger partial charge is 0.460 e. The zero-order chi connectivity index (χ0) is 25.6. The van der Waals surface area contributed by atoms with Gasteiger partial charge in [-0.1, -0.05) is 0 Å². The van der Waals surface area contributed by atoms with Crippen LogP contribution in [0.25, 0.3) is 0 Å². The van der Waals surface area contributed by atoms with Gasteiger partial charge in [0, 0.05) is 30.9 Å². The average Bonchev–Trinajstić information content (AvgIpc) is 3.28. The summed E-state index contributed by atoms with van der Waals surface area (Å²) in [5.41, 5.74) is -0.204. The molecule has 0 bridgehead atoms. The lowest BCUT2D eigenvalue weighted by molar-refractivity contribution is -0.155. The molecule has 0 aliphatic heterocycles. The Bertz CT molecular complexity index is 1220. The van der Waals surface area contributed by atoms with Crippen LogP contribution in [0, 0.1) is 29.9 Å². The number of aryl methyl sites for hydroxylation is 1. The maximum Gasteiger partial charge on any atom is 0.306 e. The zero-order valence-electron chi connectivity index (χ0n) is 20.0. The Hall–Kier alpha value is -4.07. The van der Waals surface area contributed by atoms with E-state index in [2.05, 4.69) is 25.7 Å². The molecule has 2 N–H and O–H groups in total. The van der Waals surface area contributed by atoms with Crippen LogP contribution in [0.5, 0.6) is 0 Å². The van der Waals surface area contributed by atoms with Gasteiger partial charge in [0.05, 0.1) is 29.7 Å². The van der Waals surface area contributed by atoms with Crippen LogP contribution in [0.15, 0.2) is 36.8 Å². The molecule has 9 nitrogen and oxygen atoms in total. The van der Waals surface area contributed by atoms with Gasteiger partial charge >= 0.3 is 5.97 Å². The minimum Gasteiger partial charge on any atom is -0.460 e. The number of pyridine rings is 2. The molecule has 3 heterocycles. The Morgan fingerprint density at radius 3 is 2.66 bits per heavy atom. The number of aromatic nitrogens is 4. The highest BCUT2D eigenvalue weighted by molar-refractivity contribution is 5.70. The van der Waals surface area contributed by atoms with Crippen molar-refractivity contribution in [3.8, 4) is 6.07 Å². The van der Waals surface area contributed by atoms with Gasteiger partial charge in [-0.05, 0) is 46.2 Å². The summed E-state index contributed by atoms with van der Waals surface area (Å²) < 4.78 is 35.8. The molecule has 0 aromatic carbocycles. The third-order valence-electron chi connectivity index (χ3n) is 4.81. The van der Waals surface area contributed by atoms with Crippen LogP contribution in [-0.4, -0.2) is 37.4 Å². The predicted octanol–water partition coefficient (Wildman–Crippen LogP) is 4.48. The molecule has 0 radical (unpaired) electrons. The molecule has 3 rings (SSSR count). The lowest BCUT2D eigenvalue weighted by atomic mass is 10.1. The molecule has 0 saturated carbocycles. The number of ether oxygens (including phenoxy) is 1. The summed E-state index contributed by atoms with van der Waals surface area (Å²) in [5, 5.41) is 19.4. The van der Waals surface area contributed by atoms with Gasteiger partial charge in [-0.15, -0.1) is 0 Å². The van der Waals surface area contributed by atoms with Gasteiger partial charge in [0.1, 0.15) is 17.5 Å². The maximum absolute atomic E-state index is 14.8. The van der Waals surface area contributed by atoms with Crippen molar-refractivity contribution in [2.24, 2.45) is 0 Å². The number of nitrogens with one attached hydrogen (secondary N) is 2. The zero-order valence-corrected chi connectivity index (χ0v) is 20.0. The van der Waals surface area contributed by atoms with Gasteiger partial charge < -0.3 is 15.4 Å². The van der Waals surface area contributed by atoms with Crippen LogP contribution in [0.3, 0.4) is 0 Å². The van der Waals surface area contributed by atoms with E-state index in [-0.39, 0.29) is 41.0 Å². The number of halogens is 2. The lowest BCUT2D eigenvalue weighted by Crippen LogP contribution is -2.29. The maximum atomic E-state index is 14.8. The number of rotatable bonds is 9. The smallest absolute Gasteiger partial charge is 0.306 e. The van der Waals surface area contributed by atoms with E-state index in [0.29, 0.717) is 13.0 Å². The lowest BCUT2D eigenvalue weighted by Gasteiger charge is -2.22. The summed E-state index contributed by atoms with van der Waals surface area (Å²) in [6.45, 7) is 7.20. The van der Waals surface area contributed by atoms with E-state index in [4.69, 9.17) is 4.74 Å². The highest BCUT2D eigenvalue weighted by atomic mass is 19.1. The SMILES string of the molecule is Cc1ncc(Nc2nc(N[C@@H](CCC(=O)OC(C)(C)C)Cn3cccn3)c(F)cc2C#N)cc1F. The first-order chi connectivity index (χ1) is 16.5. The van der Waals surface area contributed by atoms with Gasteiger partial charge in [-0.2, -0.15) is 10.4 Å². The van der Waals surface area contributed by atoms with Crippen molar-refractivity contribution in [3.05, 3.63) is 59.7 Å². The number of hydrogen-bond acceptors (Lipinski definition) is 8. The minimum absolute atomic E-state index is 0.0337. The van der Waals surface area contributed by atoms with E-state index in [0.717, 1.165) is 6.07 Å². The van der Waals surface area contributed by atoms with Crippen LogP contribution in [0.1, 0.15) is 44.9 Å². The number of esters is 1. The third kappa shape index (κ3) is 7.46. The highest BCUT2D eigenvalue weighted by Crippen LogP contribution is 2.25. The Kier molecular flexibility index (Phi) is 7.96. The highest BCUT2D eigenvalue weighted by Gasteiger charge is 2.21. The molecular formula is C24H27F2N7O2. The second-order valence-electron chi connectivity index (χ2n) is 8.94. The average molecular weight is 484 g/mol. The first-order valence-electron chi connectivity index (χ1n) is 11.0. The second-order valence-corrected chi connectivity index (χ2v) is 8.94. The molecule has 0 spiro atoms. The summed E-state index contributed by atoms with van der Waals surface area (Å²) in [6.07, 6.45) is 5.15. The van der Waals surface area contributed by atoms with Gasteiger partial charge in [-0.25, -0.2) is 13.8 Å². The molecule has 0 aliphatic carbocycles. The van der Waals surface area contributed by atoms with E-state index in [1.165, 1.54) is 19.2 Å². The van der Waals surface area contributed by atoms with Crippen molar-refractivity contribution in [3.63, 3.8) is 0 Å². The first-order valence-corrected chi connectivity index (χ1v) is 11.0. The summed E-state index contributed by atoms with van der Waals surface area (Å²) in [5.74, 6) is -1.76. The van der Waals surface area contributed by atoms with Gasteiger partial charge in [0.25, 0.3) is 0 Å². The molecule has 1 atom stereocenters. The molecule has 3 aromatic rings. The molecule has 0 aliphatic rings. The number of hydrogen-bond donors (Lipinski definition) is 2. The molecule has 184 valence electrons. The van der Waals surface area contributed by atoms with Crippen molar-refractivity contribution in [1.29, 1.82) is 5.26 Å². The van der Waals surface area contributed by atoms with E-state index in [9.17, 15) is 18.8 Å². The fraction of sp³-hybridized carbons (Fsp3) is 0.375. The van der Waals surface area contributed by atoms with E-state index in [1.54, 1.807) is 43.9 Å². The van der Waals surface area contributed by atoms with Crippen LogP contribution in [0.4, 0.5) is 26.1 Å². The monoisotopic (exact) mass is 483 g/mol. The molecule has 0 unspecified atom stereocenters. The van der Waals surface area contributed by atoms with Crippen LogP contribution >= 0.6 is 0 Å². The first kappa shape index (κ1) is 25.6. The van der Waals surface area contributed by atoms with Crippen LogP contribution < -0.4 is 10.6 Å². The molecule has 11 heteroatoms. The topological polar surface area (TPSA) is 118 Å². The van der Waals surface area contributed by atoms with E-state index in [1.807, 2.05) is 6.07 Å². The number of anilines is 3. The third-order valence-corrected chi connectivity index (χ3v) is 4.81. The minimum atomic E-state index is -0.747. The van der Waals surface area contributed by atoms with Gasteiger partial charge in [0.2, 0.25) is 0 Å². The predicted molar refractivity (Wildman–Crippen MR) is 126 cm³/mol. The van der Waals surface area contributed by atoms with E-state index >= 15 is 0 Å². The number of nitriles is 1. The summed E-state index contributed by atoms with van der Waals surface area (Å²) >= 11 is 0. The summed E-state index contributed by atoms with van der Waals surface area (Å²) in [4.78, 5) is 20.4. The normalized spacial score (nSPS) is 12.0. The quantitative estimate of drug-likeness (QED) is 0.428. The summed E-state index contributed by atoms with van der Waals surface area (Å²) in [7, 11) is 0. The van der Waals surface area contributed by atoms with Crippen LogP contribution in [-0.2, 0) is 16.1 Å².